The maximum absolute atomic E-state index is 11.9. The second kappa shape index (κ2) is 6.81. The molecule has 130 valence electrons. The number of ether oxygens (including phenoxy) is 1. The van der Waals surface area contributed by atoms with E-state index in [0.29, 0.717) is 13.0 Å². The molecule has 0 radical (unpaired) electrons. The Morgan fingerprint density at radius 2 is 2.13 bits per heavy atom. The van der Waals surface area contributed by atoms with Crippen LogP contribution in [-0.2, 0) is 19.1 Å². The highest BCUT2D eigenvalue weighted by Crippen LogP contribution is 2.30. The summed E-state index contributed by atoms with van der Waals surface area (Å²) in [5.74, 6) is -2.15. The zero-order valence-electron chi connectivity index (χ0n) is 13.1. The summed E-state index contributed by atoms with van der Waals surface area (Å²) in [6.45, 7) is 3.81. The van der Waals surface area contributed by atoms with Crippen LogP contribution in [0.25, 0.3) is 0 Å². The summed E-state index contributed by atoms with van der Waals surface area (Å²) >= 11 is 0. The molecular formula is C14H23N3O6. The van der Waals surface area contributed by atoms with E-state index in [1.54, 1.807) is 18.7 Å². The van der Waals surface area contributed by atoms with Crippen molar-refractivity contribution in [3.05, 3.63) is 0 Å². The van der Waals surface area contributed by atoms with E-state index in [1.165, 1.54) is 0 Å². The molecule has 0 aliphatic carbocycles. The molecule has 2 fully saturated rings. The van der Waals surface area contributed by atoms with Crippen LogP contribution in [0.2, 0.25) is 0 Å². The number of hydrogen-bond acceptors (Lipinski definition) is 6. The highest BCUT2D eigenvalue weighted by Gasteiger charge is 2.46. The van der Waals surface area contributed by atoms with Gasteiger partial charge in [-0.05, 0) is 5.92 Å². The smallest absolute Gasteiger partial charge is 0.328 e. The maximum atomic E-state index is 11.9. The fourth-order valence-electron chi connectivity index (χ4n) is 2.66. The van der Waals surface area contributed by atoms with Gasteiger partial charge in [0.1, 0.15) is 6.23 Å². The van der Waals surface area contributed by atoms with Crippen LogP contribution in [0.1, 0.15) is 26.7 Å². The molecule has 4 unspecified atom stereocenters. The van der Waals surface area contributed by atoms with Gasteiger partial charge in [0.05, 0.1) is 24.7 Å². The first-order valence-corrected chi connectivity index (χ1v) is 7.62. The first-order chi connectivity index (χ1) is 10.7. The molecule has 9 nitrogen and oxygen atoms in total. The van der Waals surface area contributed by atoms with Crippen molar-refractivity contribution in [1.82, 2.24) is 10.2 Å². The van der Waals surface area contributed by atoms with Crippen LogP contribution < -0.4 is 11.1 Å². The van der Waals surface area contributed by atoms with Crippen molar-refractivity contribution in [2.45, 2.75) is 57.2 Å². The lowest BCUT2D eigenvalue weighted by atomic mass is 10.0. The van der Waals surface area contributed by atoms with Crippen LogP contribution in [0.3, 0.4) is 0 Å². The summed E-state index contributed by atoms with van der Waals surface area (Å²) in [6, 6.07) is -2.33. The lowest BCUT2D eigenvalue weighted by Crippen LogP contribution is -2.55. The maximum Gasteiger partial charge on any atom is 0.328 e. The van der Waals surface area contributed by atoms with Gasteiger partial charge in [-0.2, -0.15) is 0 Å². The molecule has 0 aromatic carbocycles. The summed E-state index contributed by atoms with van der Waals surface area (Å²) in [4.78, 5) is 36.0. The fourth-order valence-corrected chi connectivity index (χ4v) is 2.66. The lowest BCUT2D eigenvalue weighted by Gasteiger charge is -2.31. The molecule has 5 atom stereocenters. The summed E-state index contributed by atoms with van der Waals surface area (Å²) in [7, 11) is 0. The minimum absolute atomic E-state index is 0.00838. The number of carbonyl (C=O) groups excluding carboxylic acids is 2. The van der Waals surface area contributed by atoms with Crippen molar-refractivity contribution < 1.29 is 29.3 Å². The normalized spacial score (nSPS) is 27.2. The van der Waals surface area contributed by atoms with Gasteiger partial charge >= 0.3 is 5.97 Å². The summed E-state index contributed by atoms with van der Waals surface area (Å²) in [5, 5.41) is 21.6. The summed E-state index contributed by atoms with van der Waals surface area (Å²) < 4.78 is 5.54. The van der Waals surface area contributed by atoms with E-state index >= 15 is 0 Å². The number of carboxylic acids is 1. The van der Waals surface area contributed by atoms with Gasteiger partial charge in [-0.15, -0.1) is 0 Å². The largest absolute Gasteiger partial charge is 0.480 e. The van der Waals surface area contributed by atoms with E-state index in [1.807, 2.05) is 0 Å². The van der Waals surface area contributed by atoms with Crippen molar-refractivity contribution >= 4 is 17.8 Å². The zero-order valence-corrected chi connectivity index (χ0v) is 13.1. The Morgan fingerprint density at radius 3 is 2.61 bits per heavy atom. The molecule has 2 rings (SSSR count). The molecule has 2 aliphatic rings. The Balaban J connectivity index is 1.91. The van der Waals surface area contributed by atoms with E-state index in [0.717, 1.165) is 0 Å². The number of β-lactam (4-membered cyclic amide) rings is 1. The molecule has 0 saturated carbocycles. The number of hydrogen-bond donors (Lipinski definition) is 4. The Kier molecular flexibility index (Phi) is 5.23. The van der Waals surface area contributed by atoms with Gasteiger partial charge in [-0.3, -0.25) is 9.59 Å². The number of nitrogens with two attached hydrogens (primary N) is 1. The van der Waals surface area contributed by atoms with Crippen LogP contribution in [0, 0.1) is 5.92 Å². The number of fused-ring (bicyclic) bond motifs is 1. The molecule has 2 amide bonds. The fraction of sp³-hybridized carbons (Fsp3) is 0.786. The van der Waals surface area contributed by atoms with Gasteiger partial charge < -0.3 is 30.9 Å². The van der Waals surface area contributed by atoms with Crippen LogP contribution in [0.15, 0.2) is 0 Å². The number of aliphatic hydroxyl groups excluding tert-OH is 1. The second-order valence-corrected chi connectivity index (χ2v) is 6.36. The Hall–Kier alpha value is -1.71. The number of nitrogens with one attached hydrogen (secondary N) is 1. The molecule has 0 aromatic heterocycles. The predicted molar refractivity (Wildman–Crippen MR) is 78.0 cm³/mol. The number of aliphatic hydroxyl groups is 1. The molecule has 2 saturated heterocycles. The van der Waals surface area contributed by atoms with Crippen molar-refractivity contribution in [2.75, 3.05) is 6.54 Å². The van der Waals surface area contributed by atoms with Crippen molar-refractivity contribution in [2.24, 2.45) is 11.7 Å². The molecule has 23 heavy (non-hydrogen) atoms. The molecular weight excluding hydrogens is 306 g/mol. The van der Waals surface area contributed by atoms with Crippen LogP contribution >= 0.6 is 0 Å². The Bertz CT molecular complexity index is 497. The Morgan fingerprint density at radius 1 is 1.48 bits per heavy atom. The van der Waals surface area contributed by atoms with Crippen LogP contribution in [-0.4, -0.2) is 70.0 Å². The van der Waals surface area contributed by atoms with Gasteiger partial charge in [0.2, 0.25) is 11.8 Å². The van der Waals surface area contributed by atoms with E-state index in [2.05, 4.69) is 5.32 Å². The van der Waals surface area contributed by atoms with E-state index in [9.17, 15) is 24.6 Å². The van der Waals surface area contributed by atoms with E-state index in [4.69, 9.17) is 10.5 Å². The highest BCUT2D eigenvalue weighted by molar-refractivity contribution is 5.87. The van der Waals surface area contributed by atoms with Gasteiger partial charge in [0, 0.05) is 13.0 Å². The highest BCUT2D eigenvalue weighted by atomic mass is 16.5. The van der Waals surface area contributed by atoms with Gasteiger partial charge in [0.15, 0.2) is 6.04 Å². The lowest BCUT2D eigenvalue weighted by molar-refractivity contribution is -0.157. The molecule has 0 aromatic rings. The minimum Gasteiger partial charge on any atom is -0.480 e. The molecule has 9 heteroatoms. The number of carbonyl (C=O) groups is 3. The van der Waals surface area contributed by atoms with Gasteiger partial charge in [-0.25, -0.2) is 4.79 Å². The standard InChI is InChI=1S/C14H23N3O6/c1-6(2)11(15)13(20)16-12(14(21)22)8(18)3-7-5-17-9(19)4-10(17)23-7/h6-8,10-12,18H,3-5,15H2,1-2H3,(H,16,20)(H,21,22)/t7-,8?,10?,11?,12?/m0/s1. The first kappa shape index (κ1) is 17.6. The van der Waals surface area contributed by atoms with E-state index in [-0.39, 0.29) is 24.5 Å². The SMILES string of the molecule is CC(C)C(N)C(=O)NC(C(=O)O)C(O)C[C@H]1CN2C(=O)CC2O1. The molecule has 0 bridgehead atoms. The predicted octanol–water partition coefficient (Wildman–Crippen LogP) is -1.75. The number of carboxylic acid groups (broad SMARTS) is 1. The number of amides is 2. The van der Waals surface area contributed by atoms with Crippen molar-refractivity contribution in [3.63, 3.8) is 0 Å². The van der Waals surface area contributed by atoms with Crippen LogP contribution in [0.4, 0.5) is 0 Å². The average molecular weight is 329 g/mol. The third-order valence-electron chi connectivity index (χ3n) is 4.24. The summed E-state index contributed by atoms with van der Waals surface area (Å²) in [5.41, 5.74) is 5.68. The number of nitrogens with zero attached hydrogens (tertiary/aromatic N) is 1. The van der Waals surface area contributed by atoms with E-state index < -0.39 is 36.2 Å². The molecule has 0 spiro atoms. The van der Waals surface area contributed by atoms with Crippen molar-refractivity contribution in [3.8, 4) is 0 Å². The monoisotopic (exact) mass is 329 g/mol. The second-order valence-electron chi connectivity index (χ2n) is 6.36. The van der Waals surface area contributed by atoms with Crippen LogP contribution in [0.5, 0.6) is 0 Å². The molecule has 2 aliphatic heterocycles. The quantitative estimate of drug-likeness (QED) is 0.406. The average Bonchev–Trinajstić information content (AvgIpc) is 2.79. The molecule has 2 heterocycles. The third-order valence-corrected chi connectivity index (χ3v) is 4.24. The van der Waals surface area contributed by atoms with Crippen molar-refractivity contribution in [1.29, 1.82) is 0 Å². The number of rotatable bonds is 7. The topological polar surface area (TPSA) is 142 Å². The third kappa shape index (κ3) is 3.80. The minimum atomic E-state index is -1.47. The Labute approximate surface area is 133 Å². The molecule has 5 N–H and O–H groups in total. The van der Waals surface area contributed by atoms with Gasteiger partial charge in [0.25, 0.3) is 0 Å². The zero-order chi connectivity index (χ0) is 17.3. The first-order valence-electron chi connectivity index (χ1n) is 7.62. The van der Waals surface area contributed by atoms with Gasteiger partial charge in [-0.1, -0.05) is 13.8 Å². The number of aliphatic carboxylic acids is 1. The summed E-state index contributed by atoms with van der Waals surface area (Å²) in [6.07, 6.45) is -1.73.